The average Bonchev–Trinajstić information content (AvgIpc) is 2.67. The molecule has 4 heteroatoms. The first-order valence-corrected chi connectivity index (χ1v) is 9.30. The van der Waals surface area contributed by atoms with Crippen LogP contribution in [0.4, 0.5) is 0 Å². The summed E-state index contributed by atoms with van der Waals surface area (Å²) in [6.07, 6.45) is 5.25. The quantitative estimate of drug-likeness (QED) is 0.741. The lowest BCUT2D eigenvalue weighted by molar-refractivity contribution is -0.0979. The predicted molar refractivity (Wildman–Crippen MR) is 104 cm³/mol. The van der Waals surface area contributed by atoms with E-state index >= 15 is 0 Å². The van der Waals surface area contributed by atoms with Crippen LogP contribution in [0.3, 0.4) is 0 Å². The average molecular weight is 336 g/mol. The number of carbonyl (C=O) groups excluding carboxylic acids is 1. The number of nitrogens with one attached hydrogen (secondary N) is 1. The first-order valence-electron chi connectivity index (χ1n) is 9.30. The van der Waals surface area contributed by atoms with Crippen molar-refractivity contribution in [1.82, 2.24) is 15.1 Å². The summed E-state index contributed by atoms with van der Waals surface area (Å²) in [6.45, 7) is 13.2. The highest BCUT2D eigenvalue weighted by Gasteiger charge is 2.15. The topological polar surface area (TPSA) is 35.6 Å². The first-order chi connectivity index (χ1) is 11.9. The molecular formula is C20H37N3O. The molecule has 1 fully saturated rings. The van der Waals surface area contributed by atoms with E-state index in [4.69, 9.17) is 4.79 Å². The minimum absolute atomic E-state index is 1.03. The first kappa shape index (κ1) is 22.8. The summed E-state index contributed by atoms with van der Waals surface area (Å²) in [5, 5.41) is 3.24. The molecule has 1 aromatic carbocycles. The molecule has 0 atom stereocenters. The normalized spacial score (nSPS) is 15.0. The molecule has 0 spiro atoms. The van der Waals surface area contributed by atoms with Gasteiger partial charge in [0.2, 0.25) is 0 Å². The lowest BCUT2D eigenvalue weighted by Crippen LogP contribution is -2.48. The second kappa shape index (κ2) is 16.6. The van der Waals surface area contributed by atoms with Crippen LogP contribution in [-0.2, 0) is 11.2 Å². The van der Waals surface area contributed by atoms with Crippen LogP contribution in [-0.4, -0.2) is 63.0 Å². The number of benzene rings is 1. The van der Waals surface area contributed by atoms with Crippen LogP contribution in [0.2, 0.25) is 0 Å². The monoisotopic (exact) mass is 335 g/mol. The predicted octanol–water partition coefficient (Wildman–Crippen LogP) is 3.04. The Morgan fingerprint density at radius 1 is 0.917 bits per heavy atom. The Morgan fingerprint density at radius 3 is 2.08 bits per heavy atom. The molecule has 1 heterocycles. The second-order valence-corrected chi connectivity index (χ2v) is 5.77. The van der Waals surface area contributed by atoms with E-state index in [-0.39, 0.29) is 0 Å². The van der Waals surface area contributed by atoms with Gasteiger partial charge in [0.25, 0.3) is 0 Å². The number of aryl methyl sites for hydroxylation is 1. The third-order valence-electron chi connectivity index (χ3n) is 4.13. The number of hydrogen-bond acceptors (Lipinski definition) is 4. The second-order valence-electron chi connectivity index (χ2n) is 5.77. The molecule has 0 amide bonds. The lowest BCUT2D eigenvalue weighted by Gasteiger charge is -2.34. The van der Waals surface area contributed by atoms with Crippen molar-refractivity contribution in [3.05, 3.63) is 35.9 Å². The van der Waals surface area contributed by atoms with Crippen LogP contribution in [0.15, 0.2) is 30.3 Å². The highest BCUT2D eigenvalue weighted by molar-refractivity contribution is 5.14. The number of nitrogens with zero attached hydrogens (tertiary/aromatic N) is 2. The van der Waals surface area contributed by atoms with Crippen molar-refractivity contribution in [3.8, 4) is 0 Å². The zero-order valence-corrected chi connectivity index (χ0v) is 16.0. The van der Waals surface area contributed by atoms with E-state index in [0.29, 0.717) is 0 Å². The van der Waals surface area contributed by atoms with Gasteiger partial charge in [0.05, 0.1) is 0 Å². The molecular weight excluding hydrogens is 298 g/mol. The number of hydrogen-bond donors (Lipinski definition) is 1. The van der Waals surface area contributed by atoms with Gasteiger partial charge in [0.15, 0.2) is 0 Å². The van der Waals surface area contributed by atoms with Gasteiger partial charge in [-0.15, -0.1) is 0 Å². The van der Waals surface area contributed by atoms with Crippen molar-refractivity contribution in [2.24, 2.45) is 0 Å². The van der Waals surface area contributed by atoms with Crippen molar-refractivity contribution in [3.63, 3.8) is 0 Å². The molecule has 0 unspecified atom stereocenters. The van der Waals surface area contributed by atoms with Crippen LogP contribution in [0.5, 0.6) is 0 Å². The van der Waals surface area contributed by atoms with Gasteiger partial charge in [-0.25, -0.2) is 0 Å². The maximum atomic E-state index is 8.00. The zero-order chi connectivity index (χ0) is 18.0. The van der Waals surface area contributed by atoms with E-state index < -0.39 is 0 Å². The summed E-state index contributed by atoms with van der Waals surface area (Å²) in [6, 6.07) is 10.8. The fraction of sp³-hybridized carbons (Fsp3) is 0.650. The molecule has 0 aliphatic carbocycles. The molecule has 2 rings (SSSR count). The summed E-state index contributed by atoms with van der Waals surface area (Å²) in [4.78, 5) is 13.1. The molecule has 24 heavy (non-hydrogen) atoms. The summed E-state index contributed by atoms with van der Waals surface area (Å²) < 4.78 is 0. The standard InChI is InChI=1S/C17H29N3.C2H6.CH2O/c1-18-16-20-14-12-19(13-15-20)11-7-3-6-10-17-8-4-2-5-9-17;2*1-2/h2,4-5,8-9,18H,3,6-7,10-16H2,1H3;1-2H3;1H2. The fourth-order valence-corrected chi connectivity index (χ4v) is 2.88. The van der Waals surface area contributed by atoms with Gasteiger partial charge >= 0.3 is 0 Å². The largest absolute Gasteiger partial charge is 0.307 e. The number of rotatable bonds is 8. The van der Waals surface area contributed by atoms with Crippen LogP contribution in [0.1, 0.15) is 38.7 Å². The van der Waals surface area contributed by atoms with Crippen molar-refractivity contribution in [2.75, 3.05) is 46.4 Å². The molecule has 138 valence electrons. The molecule has 4 nitrogen and oxygen atoms in total. The van der Waals surface area contributed by atoms with E-state index in [1.165, 1.54) is 64.0 Å². The summed E-state index contributed by atoms with van der Waals surface area (Å²) in [7, 11) is 2.03. The van der Waals surface area contributed by atoms with Crippen molar-refractivity contribution in [1.29, 1.82) is 0 Å². The van der Waals surface area contributed by atoms with E-state index in [9.17, 15) is 0 Å². The Bertz CT molecular complexity index is 364. The lowest BCUT2D eigenvalue weighted by atomic mass is 10.1. The van der Waals surface area contributed by atoms with Gasteiger partial charge in [-0.2, -0.15) is 0 Å². The number of piperazine rings is 1. The van der Waals surface area contributed by atoms with E-state index in [0.717, 1.165) is 6.67 Å². The van der Waals surface area contributed by atoms with Gasteiger partial charge in [0, 0.05) is 32.8 Å². The van der Waals surface area contributed by atoms with Crippen molar-refractivity contribution < 1.29 is 4.79 Å². The Balaban J connectivity index is 0.00000123. The minimum atomic E-state index is 1.03. The van der Waals surface area contributed by atoms with Crippen molar-refractivity contribution >= 4 is 6.79 Å². The van der Waals surface area contributed by atoms with Crippen LogP contribution < -0.4 is 5.32 Å². The van der Waals surface area contributed by atoms with E-state index in [1.807, 2.05) is 27.7 Å². The Hall–Kier alpha value is -1.23. The summed E-state index contributed by atoms with van der Waals surface area (Å²) >= 11 is 0. The third kappa shape index (κ3) is 10.5. The minimum Gasteiger partial charge on any atom is -0.307 e. The molecule has 1 aromatic rings. The molecule has 0 aromatic heterocycles. The maximum absolute atomic E-state index is 8.00. The fourth-order valence-electron chi connectivity index (χ4n) is 2.88. The van der Waals surface area contributed by atoms with Crippen LogP contribution in [0.25, 0.3) is 0 Å². The van der Waals surface area contributed by atoms with Gasteiger partial charge in [-0.1, -0.05) is 50.6 Å². The summed E-state index contributed by atoms with van der Waals surface area (Å²) in [5.74, 6) is 0. The van der Waals surface area contributed by atoms with Crippen molar-refractivity contribution in [2.45, 2.75) is 39.5 Å². The summed E-state index contributed by atoms with van der Waals surface area (Å²) in [5.41, 5.74) is 1.48. The number of carbonyl (C=O) groups is 1. The smallest absolute Gasteiger partial charge is 0.106 e. The Kier molecular flexibility index (Phi) is 15.8. The Morgan fingerprint density at radius 2 is 1.50 bits per heavy atom. The molecule has 0 radical (unpaired) electrons. The van der Waals surface area contributed by atoms with Gasteiger partial charge < -0.3 is 15.0 Å². The maximum Gasteiger partial charge on any atom is 0.106 e. The number of unbranched alkanes of at least 4 members (excludes halogenated alkanes) is 2. The van der Waals surface area contributed by atoms with Crippen LogP contribution >= 0.6 is 0 Å². The molecule has 1 saturated heterocycles. The highest BCUT2D eigenvalue weighted by Crippen LogP contribution is 2.08. The van der Waals surface area contributed by atoms with E-state index in [2.05, 4.69) is 45.4 Å². The van der Waals surface area contributed by atoms with Gasteiger partial charge in [-0.3, -0.25) is 4.90 Å². The molecule has 1 aliphatic heterocycles. The SMILES string of the molecule is C=O.CC.CNCN1CCN(CCCCCc2ccccc2)CC1. The third-order valence-corrected chi connectivity index (χ3v) is 4.13. The molecule has 1 N–H and O–H groups in total. The highest BCUT2D eigenvalue weighted by atomic mass is 16.1. The molecule has 0 bridgehead atoms. The Labute approximate surface area is 149 Å². The molecule has 0 saturated carbocycles. The van der Waals surface area contributed by atoms with Gasteiger partial charge in [0.1, 0.15) is 6.79 Å². The van der Waals surface area contributed by atoms with E-state index in [1.54, 1.807) is 0 Å². The van der Waals surface area contributed by atoms with Gasteiger partial charge in [-0.05, 0) is 38.4 Å². The zero-order valence-electron chi connectivity index (χ0n) is 16.0. The van der Waals surface area contributed by atoms with Crippen LogP contribution in [0, 0.1) is 0 Å². The molecule has 1 aliphatic rings.